The molecule has 0 aliphatic carbocycles. The van der Waals surface area contributed by atoms with Crippen molar-refractivity contribution in [3.8, 4) is 5.75 Å². The molecule has 0 bridgehead atoms. The molecule has 0 radical (unpaired) electrons. The van der Waals surface area contributed by atoms with Crippen LogP contribution in [0, 0.1) is 5.82 Å². The third-order valence-corrected chi connectivity index (χ3v) is 3.20. The number of aldehydes is 1. The summed E-state index contributed by atoms with van der Waals surface area (Å²) in [6.07, 6.45) is 0.643. The van der Waals surface area contributed by atoms with Gasteiger partial charge >= 0.3 is 0 Å². The number of amides is 1. The molecule has 0 aliphatic rings. The van der Waals surface area contributed by atoms with Crippen LogP contribution >= 0.6 is 15.9 Å². The van der Waals surface area contributed by atoms with Gasteiger partial charge in [-0.2, -0.15) is 0 Å². The number of rotatable bonds is 5. The first-order valence-corrected chi connectivity index (χ1v) is 6.81. The third kappa shape index (κ3) is 4.13. The van der Waals surface area contributed by atoms with Crippen molar-refractivity contribution < 1.29 is 18.7 Å². The molecular weight excluding hydrogens is 341 g/mol. The number of ether oxygens (including phenoxy) is 1. The summed E-state index contributed by atoms with van der Waals surface area (Å²) in [4.78, 5) is 22.7. The van der Waals surface area contributed by atoms with Crippen LogP contribution in [0.3, 0.4) is 0 Å². The Morgan fingerprint density at radius 3 is 2.76 bits per heavy atom. The van der Waals surface area contributed by atoms with E-state index in [0.29, 0.717) is 27.8 Å². The molecule has 1 amide bonds. The first kappa shape index (κ1) is 15.2. The van der Waals surface area contributed by atoms with Crippen LogP contribution in [0.4, 0.5) is 10.1 Å². The Hall–Kier alpha value is -2.21. The van der Waals surface area contributed by atoms with Crippen LogP contribution in [-0.2, 0) is 4.79 Å². The molecule has 0 saturated carbocycles. The summed E-state index contributed by atoms with van der Waals surface area (Å²) in [5.74, 6) is -0.599. The zero-order valence-electron chi connectivity index (χ0n) is 10.8. The van der Waals surface area contributed by atoms with Gasteiger partial charge in [-0.25, -0.2) is 4.39 Å². The van der Waals surface area contributed by atoms with E-state index >= 15 is 0 Å². The predicted octanol–water partition coefficient (Wildman–Crippen LogP) is 3.42. The van der Waals surface area contributed by atoms with E-state index < -0.39 is 11.7 Å². The minimum absolute atomic E-state index is 0.292. The average Bonchev–Trinajstić information content (AvgIpc) is 2.45. The van der Waals surface area contributed by atoms with Crippen molar-refractivity contribution in [2.24, 2.45) is 0 Å². The number of carbonyl (C=O) groups excluding carboxylic acids is 2. The molecule has 0 atom stereocenters. The Balaban J connectivity index is 2.00. The molecule has 0 saturated heterocycles. The Morgan fingerprint density at radius 2 is 2.05 bits per heavy atom. The Bertz CT molecular complexity index is 676. The number of halogens is 2. The SMILES string of the molecule is O=Cc1cccc(Br)c1OCC(=O)Nc1cccc(F)c1. The van der Waals surface area contributed by atoms with Crippen LogP contribution in [-0.4, -0.2) is 18.8 Å². The van der Waals surface area contributed by atoms with Crippen molar-refractivity contribution in [2.75, 3.05) is 11.9 Å². The molecule has 108 valence electrons. The summed E-state index contributed by atoms with van der Waals surface area (Å²) in [5.41, 5.74) is 0.675. The van der Waals surface area contributed by atoms with Crippen molar-refractivity contribution in [2.45, 2.75) is 0 Å². The van der Waals surface area contributed by atoms with E-state index in [4.69, 9.17) is 4.74 Å². The zero-order valence-corrected chi connectivity index (χ0v) is 12.4. The minimum Gasteiger partial charge on any atom is -0.482 e. The fraction of sp³-hybridized carbons (Fsp3) is 0.0667. The van der Waals surface area contributed by atoms with Crippen LogP contribution in [0.1, 0.15) is 10.4 Å². The highest BCUT2D eigenvalue weighted by molar-refractivity contribution is 9.10. The fourth-order valence-corrected chi connectivity index (χ4v) is 2.17. The van der Waals surface area contributed by atoms with Crippen molar-refractivity contribution in [1.82, 2.24) is 0 Å². The van der Waals surface area contributed by atoms with E-state index in [2.05, 4.69) is 21.2 Å². The van der Waals surface area contributed by atoms with Gasteiger partial charge < -0.3 is 10.1 Å². The quantitative estimate of drug-likeness (QED) is 0.839. The molecule has 21 heavy (non-hydrogen) atoms. The highest BCUT2D eigenvalue weighted by Crippen LogP contribution is 2.27. The molecule has 2 rings (SSSR count). The molecule has 2 aromatic rings. The van der Waals surface area contributed by atoms with E-state index in [1.54, 1.807) is 24.3 Å². The van der Waals surface area contributed by atoms with E-state index in [9.17, 15) is 14.0 Å². The van der Waals surface area contributed by atoms with Gasteiger partial charge in [0.15, 0.2) is 12.9 Å². The van der Waals surface area contributed by atoms with E-state index in [-0.39, 0.29) is 6.61 Å². The smallest absolute Gasteiger partial charge is 0.262 e. The van der Waals surface area contributed by atoms with Crippen LogP contribution < -0.4 is 10.1 Å². The highest BCUT2D eigenvalue weighted by Gasteiger charge is 2.10. The lowest BCUT2D eigenvalue weighted by Crippen LogP contribution is -2.20. The summed E-state index contributed by atoms with van der Waals surface area (Å²) >= 11 is 3.25. The molecular formula is C15H11BrFNO3. The largest absolute Gasteiger partial charge is 0.482 e. The van der Waals surface area contributed by atoms with Gasteiger partial charge in [-0.3, -0.25) is 9.59 Å². The van der Waals surface area contributed by atoms with Crippen LogP contribution in [0.5, 0.6) is 5.75 Å². The third-order valence-electron chi connectivity index (χ3n) is 2.58. The summed E-state index contributed by atoms with van der Waals surface area (Å²) in [5, 5.41) is 2.50. The van der Waals surface area contributed by atoms with E-state index in [0.717, 1.165) is 0 Å². The molecule has 2 aromatic carbocycles. The lowest BCUT2D eigenvalue weighted by Gasteiger charge is -2.10. The molecule has 0 aromatic heterocycles. The van der Waals surface area contributed by atoms with Gasteiger partial charge in [0.25, 0.3) is 5.91 Å². The molecule has 0 unspecified atom stereocenters. The monoisotopic (exact) mass is 351 g/mol. The number of hydrogen-bond acceptors (Lipinski definition) is 3. The van der Waals surface area contributed by atoms with Crippen LogP contribution in [0.25, 0.3) is 0 Å². The fourth-order valence-electron chi connectivity index (χ4n) is 1.67. The van der Waals surface area contributed by atoms with Crippen LogP contribution in [0.15, 0.2) is 46.9 Å². The Labute approximate surface area is 129 Å². The highest BCUT2D eigenvalue weighted by atomic mass is 79.9. The van der Waals surface area contributed by atoms with E-state index in [1.807, 2.05) is 0 Å². The van der Waals surface area contributed by atoms with Crippen molar-refractivity contribution >= 4 is 33.8 Å². The van der Waals surface area contributed by atoms with Crippen LogP contribution in [0.2, 0.25) is 0 Å². The van der Waals surface area contributed by atoms with Crippen molar-refractivity contribution in [3.63, 3.8) is 0 Å². The topological polar surface area (TPSA) is 55.4 Å². The number of nitrogens with one attached hydrogen (secondary N) is 1. The van der Waals surface area contributed by atoms with Crippen molar-refractivity contribution in [1.29, 1.82) is 0 Å². The Kier molecular flexibility index (Phi) is 5.05. The lowest BCUT2D eigenvalue weighted by molar-refractivity contribution is -0.118. The summed E-state index contributed by atoms with van der Waals surface area (Å²) in [7, 11) is 0. The molecule has 0 spiro atoms. The van der Waals surface area contributed by atoms with Gasteiger partial charge in [-0.05, 0) is 46.3 Å². The molecule has 0 aliphatic heterocycles. The van der Waals surface area contributed by atoms with Crippen molar-refractivity contribution in [3.05, 3.63) is 58.3 Å². The normalized spacial score (nSPS) is 10.0. The van der Waals surface area contributed by atoms with Gasteiger partial charge in [0, 0.05) is 5.69 Å². The lowest BCUT2D eigenvalue weighted by atomic mass is 10.2. The minimum atomic E-state index is -0.451. The maximum atomic E-state index is 13.0. The average molecular weight is 352 g/mol. The van der Waals surface area contributed by atoms with Gasteiger partial charge in [-0.15, -0.1) is 0 Å². The summed E-state index contributed by atoms with van der Waals surface area (Å²) < 4.78 is 18.9. The maximum absolute atomic E-state index is 13.0. The second kappa shape index (κ2) is 6.99. The Morgan fingerprint density at radius 1 is 1.29 bits per heavy atom. The first-order valence-electron chi connectivity index (χ1n) is 6.02. The number of hydrogen-bond donors (Lipinski definition) is 1. The number of benzene rings is 2. The first-order chi connectivity index (χ1) is 10.1. The zero-order chi connectivity index (χ0) is 15.2. The molecule has 1 N–H and O–H groups in total. The molecule has 0 fully saturated rings. The number of para-hydroxylation sites is 1. The summed E-state index contributed by atoms with van der Waals surface area (Å²) in [6.45, 7) is -0.292. The van der Waals surface area contributed by atoms with Gasteiger partial charge in [-0.1, -0.05) is 12.1 Å². The second-order valence-electron chi connectivity index (χ2n) is 4.12. The second-order valence-corrected chi connectivity index (χ2v) is 4.98. The van der Waals surface area contributed by atoms with E-state index in [1.165, 1.54) is 18.2 Å². The van der Waals surface area contributed by atoms with Gasteiger partial charge in [0.05, 0.1) is 10.0 Å². The van der Waals surface area contributed by atoms with Gasteiger partial charge in [0.1, 0.15) is 11.6 Å². The standard InChI is InChI=1S/C15H11BrFNO3/c16-13-6-1-3-10(8-19)15(13)21-9-14(20)18-12-5-2-4-11(17)7-12/h1-8H,9H2,(H,18,20). The maximum Gasteiger partial charge on any atom is 0.262 e. The number of carbonyl (C=O) groups is 2. The molecule has 4 nitrogen and oxygen atoms in total. The molecule has 0 heterocycles. The summed E-state index contributed by atoms with van der Waals surface area (Å²) in [6, 6.07) is 10.5. The van der Waals surface area contributed by atoms with Gasteiger partial charge in [0.2, 0.25) is 0 Å². The predicted molar refractivity (Wildman–Crippen MR) is 80.1 cm³/mol. The number of anilines is 1. The molecule has 6 heteroatoms.